The van der Waals surface area contributed by atoms with Gasteiger partial charge in [0, 0.05) is 31.2 Å². The number of anilines is 1. The maximum Gasteiger partial charge on any atom is 0.490 e. The number of carboxylic acid groups (broad SMARTS) is 2. The van der Waals surface area contributed by atoms with Crippen molar-refractivity contribution in [2.24, 2.45) is 0 Å². The number of pyridine rings is 1. The molecule has 1 atom stereocenters. The Labute approximate surface area is 219 Å². The van der Waals surface area contributed by atoms with E-state index in [1.807, 2.05) is 12.1 Å². The molecule has 2 aliphatic rings. The van der Waals surface area contributed by atoms with Crippen molar-refractivity contribution in [3.63, 3.8) is 0 Å². The molecule has 0 amide bonds. The summed E-state index contributed by atoms with van der Waals surface area (Å²) in [6.07, 6.45) is -6.17. The van der Waals surface area contributed by atoms with E-state index in [2.05, 4.69) is 41.1 Å². The number of likely N-dealkylation sites (tertiary alicyclic amines) is 1. The number of nitrogens with zero attached hydrogens (tertiary/aromatic N) is 3. The van der Waals surface area contributed by atoms with Crippen molar-refractivity contribution < 1.29 is 54.6 Å². The van der Waals surface area contributed by atoms with E-state index < -0.39 is 34.3 Å². The predicted octanol–water partition coefficient (Wildman–Crippen LogP) is 3.58. The monoisotopic (exact) mass is 585 g/mol. The van der Waals surface area contributed by atoms with Crippen LogP contribution in [0.3, 0.4) is 0 Å². The number of sulfonamides is 1. The summed E-state index contributed by atoms with van der Waals surface area (Å²) in [5.41, 5.74) is 4.07. The van der Waals surface area contributed by atoms with Gasteiger partial charge in [-0.2, -0.15) is 26.3 Å². The molecule has 1 aromatic heterocycles. The number of carboxylic acids is 2. The van der Waals surface area contributed by atoms with Crippen LogP contribution in [0.2, 0.25) is 0 Å². The fourth-order valence-electron chi connectivity index (χ4n) is 4.22. The largest absolute Gasteiger partial charge is 0.490 e. The molecule has 1 saturated heterocycles. The molecule has 2 aromatic rings. The maximum absolute atomic E-state index is 12.2. The molecular weight excluding hydrogens is 560 g/mol. The van der Waals surface area contributed by atoms with Gasteiger partial charge in [0.1, 0.15) is 0 Å². The smallest absolute Gasteiger partial charge is 0.475 e. The van der Waals surface area contributed by atoms with E-state index in [1.165, 1.54) is 21.7 Å². The fraction of sp³-hybridized carbons (Fsp3) is 0.435. The third kappa shape index (κ3) is 8.54. The van der Waals surface area contributed by atoms with E-state index in [0.717, 1.165) is 37.4 Å². The normalized spacial score (nSPS) is 19.0. The molecule has 1 spiro atoms. The highest BCUT2D eigenvalue weighted by Crippen LogP contribution is 2.46. The molecule has 2 aliphatic heterocycles. The number of benzene rings is 1. The number of aryl methyl sites for hydroxylation is 1. The van der Waals surface area contributed by atoms with Gasteiger partial charge >= 0.3 is 24.3 Å². The number of aromatic nitrogens is 1. The first kappa shape index (κ1) is 31.8. The number of alkyl halides is 6. The Hall–Kier alpha value is -3.40. The fourth-order valence-corrected chi connectivity index (χ4v) is 5.21. The van der Waals surface area contributed by atoms with Crippen LogP contribution in [-0.2, 0) is 31.6 Å². The molecule has 1 aromatic carbocycles. The second-order valence-corrected chi connectivity index (χ2v) is 10.9. The van der Waals surface area contributed by atoms with Crippen LogP contribution in [0.5, 0.6) is 0 Å². The van der Waals surface area contributed by atoms with Crippen LogP contribution in [-0.4, -0.2) is 78.7 Å². The zero-order valence-electron chi connectivity index (χ0n) is 20.6. The second-order valence-electron chi connectivity index (χ2n) is 8.98. The van der Waals surface area contributed by atoms with Gasteiger partial charge in [-0.1, -0.05) is 29.8 Å². The summed E-state index contributed by atoms with van der Waals surface area (Å²) in [6.45, 7) is 5.31. The van der Waals surface area contributed by atoms with Crippen molar-refractivity contribution in [2.45, 2.75) is 37.7 Å². The van der Waals surface area contributed by atoms with E-state index in [0.29, 0.717) is 6.54 Å². The highest BCUT2D eigenvalue weighted by Gasteiger charge is 2.50. The van der Waals surface area contributed by atoms with Gasteiger partial charge < -0.3 is 10.2 Å². The topological polar surface area (TPSA) is 128 Å². The van der Waals surface area contributed by atoms with Crippen LogP contribution in [0, 0.1) is 6.92 Å². The summed E-state index contributed by atoms with van der Waals surface area (Å²) < 4.78 is 89.5. The lowest BCUT2D eigenvalue weighted by Crippen LogP contribution is -2.38. The lowest BCUT2D eigenvalue weighted by molar-refractivity contribution is -0.193. The van der Waals surface area contributed by atoms with Crippen molar-refractivity contribution in [1.29, 1.82) is 0 Å². The van der Waals surface area contributed by atoms with Gasteiger partial charge in [-0.25, -0.2) is 18.0 Å². The number of halogens is 6. The highest BCUT2D eigenvalue weighted by molar-refractivity contribution is 7.92. The van der Waals surface area contributed by atoms with Crippen LogP contribution >= 0.6 is 0 Å². The van der Waals surface area contributed by atoms with Gasteiger partial charge in [-0.05, 0) is 37.6 Å². The molecule has 0 radical (unpaired) electrons. The standard InChI is InChI=1S/C19H23N3O2S.2C2HF3O2/c1-15-5-3-6-16(11-15)12-21-10-8-19(13-21)14-22(25(2,23)24)17-7-4-9-20-18(17)19;2*3-2(4,5)1(6)7/h3-7,9,11H,8,10,12-14H2,1-2H3;2*(H,6,7). The summed E-state index contributed by atoms with van der Waals surface area (Å²) >= 11 is 0. The molecule has 0 bridgehead atoms. The third-order valence-electron chi connectivity index (χ3n) is 5.81. The van der Waals surface area contributed by atoms with Crippen LogP contribution in [0.15, 0.2) is 42.6 Å². The highest BCUT2D eigenvalue weighted by atomic mass is 32.2. The Bertz CT molecular complexity index is 1280. The summed E-state index contributed by atoms with van der Waals surface area (Å²) in [5.74, 6) is -5.51. The number of fused-ring (bicyclic) bond motifs is 2. The summed E-state index contributed by atoms with van der Waals surface area (Å²) in [7, 11) is -3.29. The number of rotatable bonds is 3. The molecule has 0 saturated carbocycles. The van der Waals surface area contributed by atoms with E-state index >= 15 is 0 Å². The second kappa shape index (κ2) is 11.8. The SMILES string of the molecule is Cc1cccc(CN2CCC3(C2)CN(S(C)(=O)=O)c2cccnc23)c1.O=C(O)C(F)(F)F.O=C(O)C(F)(F)F. The van der Waals surface area contributed by atoms with Crippen molar-refractivity contribution >= 4 is 27.6 Å². The molecule has 216 valence electrons. The third-order valence-corrected chi connectivity index (χ3v) is 6.94. The Morgan fingerprint density at radius 3 is 2.05 bits per heavy atom. The first-order chi connectivity index (χ1) is 17.8. The van der Waals surface area contributed by atoms with E-state index in [-0.39, 0.29) is 5.41 Å². The van der Waals surface area contributed by atoms with Gasteiger partial charge in [0.15, 0.2) is 0 Å². The number of aliphatic carboxylic acids is 2. The molecule has 4 rings (SSSR count). The molecule has 1 unspecified atom stereocenters. The summed E-state index contributed by atoms with van der Waals surface area (Å²) in [6, 6.07) is 12.3. The van der Waals surface area contributed by atoms with Crippen molar-refractivity contribution in [2.75, 3.05) is 30.2 Å². The number of carbonyl (C=O) groups is 2. The first-order valence-electron chi connectivity index (χ1n) is 11.1. The average molecular weight is 586 g/mol. The Morgan fingerprint density at radius 1 is 1.00 bits per heavy atom. The van der Waals surface area contributed by atoms with Gasteiger partial charge in [0.2, 0.25) is 10.0 Å². The minimum atomic E-state index is -5.08. The van der Waals surface area contributed by atoms with Gasteiger partial charge in [-0.3, -0.25) is 14.2 Å². The van der Waals surface area contributed by atoms with E-state index in [1.54, 1.807) is 6.20 Å². The van der Waals surface area contributed by atoms with Gasteiger partial charge in [-0.15, -0.1) is 0 Å². The van der Waals surface area contributed by atoms with E-state index in [9.17, 15) is 34.8 Å². The number of hydrogen-bond acceptors (Lipinski definition) is 6. The van der Waals surface area contributed by atoms with Crippen LogP contribution in [0.1, 0.15) is 23.2 Å². The number of hydrogen-bond donors (Lipinski definition) is 2. The van der Waals surface area contributed by atoms with Gasteiger partial charge in [0.05, 0.1) is 17.6 Å². The molecule has 1 fully saturated rings. The lowest BCUT2D eigenvalue weighted by atomic mass is 9.85. The van der Waals surface area contributed by atoms with Crippen LogP contribution in [0.4, 0.5) is 32.0 Å². The maximum atomic E-state index is 12.2. The Kier molecular flexibility index (Phi) is 9.60. The zero-order valence-corrected chi connectivity index (χ0v) is 21.4. The van der Waals surface area contributed by atoms with E-state index in [4.69, 9.17) is 19.8 Å². The molecule has 16 heteroatoms. The summed E-state index contributed by atoms with van der Waals surface area (Å²) in [5, 5.41) is 14.2. The molecule has 39 heavy (non-hydrogen) atoms. The quantitative estimate of drug-likeness (QED) is 0.524. The Balaban J connectivity index is 0.000000317. The van der Waals surface area contributed by atoms with Crippen molar-refractivity contribution in [3.05, 3.63) is 59.4 Å². The minimum Gasteiger partial charge on any atom is -0.475 e. The molecule has 9 nitrogen and oxygen atoms in total. The minimum absolute atomic E-state index is 0.191. The van der Waals surface area contributed by atoms with Crippen LogP contribution < -0.4 is 4.31 Å². The van der Waals surface area contributed by atoms with Crippen LogP contribution in [0.25, 0.3) is 0 Å². The van der Waals surface area contributed by atoms with Crippen molar-refractivity contribution in [1.82, 2.24) is 9.88 Å². The zero-order chi connectivity index (χ0) is 29.8. The Morgan fingerprint density at radius 2 is 1.56 bits per heavy atom. The predicted molar refractivity (Wildman–Crippen MR) is 127 cm³/mol. The van der Waals surface area contributed by atoms with Gasteiger partial charge in [0.25, 0.3) is 0 Å². The molecule has 2 N–H and O–H groups in total. The lowest BCUT2D eigenvalue weighted by Gasteiger charge is -2.25. The summed E-state index contributed by atoms with van der Waals surface area (Å²) in [4.78, 5) is 24.8. The average Bonchev–Trinajstić information content (AvgIpc) is 3.35. The molecule has 0 aliphatic carbocycles. The first-order valence-corrected chi connectivity index (χ1v) is 12.9. The molecular formula is C23H25F6N3O6S. The van der Waals surface area contributed by atoms with Crippen molar-refractivity contribution in [3.8, 4) is 0 Å². The molecule has 3 heterocycles.